The van der Waals surface area contributed by atoms with Gasteiger partial charge in [0.25, 0.3) is 5.91 Å². The van der Waals surface area contributed by atoms with Crippen LogP contribution in [0.25, 0.3) is 11.4 Å². The number of nitrogens with two attached hydrogens (primary N) is 1. The van der Waals surface area contributed by atoms with E-state index in [9.17, 15) is 4.79 Å². The average molecular weight is 379 g/mol. The number of nitrogens with zero attached hydrogens (tertiary/aromatic N) is 4. The van der Waals surface area contributed by atoms with Crippen molar-refractivity contribution in [3.8, 4) is 11.4 Å². The minimum atomic E-state index is -0.0456. The number of benzene rings is 1. The van der Waals surface area contributed by atoms with E-state index in [2.05, 4.69) is 45.4 Å². The molecule has 1 aliphatic heterocycles. The molecule has 0 radical (unpaired) electrons. The van der Waals surface area contributed by atoms with Crippen molar-refractivity contribution in [1.29, 1.82) is 0 Å². The second kappa shape index (κ2) is 7.36. The number of amides is 1. The van der Waals surface area contributed by atoms with Gasteiger partial charge in [-0.3, -0.25) is 9.78 Å². The van der Waals surface area contributed by atoms with Crippen LogP contribution in [-0.4, -0.2) is 46.3 Å². The number of aromatic nitrogens is 2. The van der Waals surface area contributed by atoms with E-state index in [1.54, 1.807) is 6.20 Å². The third kappa shape index (κ3) is 3.50. The molecule has 3 aromatic rings. The zero-order valence-corrected chi connectivity index (χ0v) is 15.9. The third-order valence-electron chi connectivity index (χ3n) is 4.80. The first-order valence-corrected chi connectivity index (χ1v) is 9.68. The molecular weight excluding hydrogens is 358 g/mol. The van der Waals surface area contributed by atoms with Gasteiger partial charge in [0.15, 0.2) is 0 Å². The van der Waals surface area contributed by atoms with E-state index >= 15 is 0 Å². The van der Waals surface area contributed by atoms with Crippen LogP contribution in [0.5, 0.6) is 0 Å². The minimum absolute atomic E-state index is 0.0456. The van der Waals surface area contributed by atoms with Crippen LogP contribution in [0, 0.1) is 6.92 Å². The maximum Gasteiger partial charge on any atom is 0.267 e. The monoisotopic (exact) mass is 379 g/mol. The standard InChI is InChI=1S/C20H21N5OS/c1-14-5-7-15(8-6-14)24-10-12-25(13-11-24)20(26)19-17(21)18(23-27-19)16-4-2-3-9-22-16/h2-9H,10-13,21H2,1H3. The second-order valence-electron chi connectivity index (χ2n) is 6.60. The Labute approximate surface area is 162 Å². The minimum Gasteiger partial charge on any atom is -0.396 e. The highest BCUT2D eigenvalue weighted by Gasteiger charge is 2.27. The average Bonchev–Trinajstić information content (AvgIpc) is 3.10. The quantitative estimate of drug-likeness (QED) is 0.757. The summed E-state index contributed by atoms with van der Waals surface area (Å²) in [5.41, 5.74) is 10.4. The Morgan fingerprint density at radius 2 is 1.81 bits per heavy atom. The summed E-state index contributed by atoms with van der Waals surface area (Å²) in [4.78, 5) is 21.9. The van der Waals surface area contributed by atoms with Crippen molar-refractivity contribution in [2.75, 3.05) is 36.8 Å². The largest absolute Gasteiger partial charge is 0.396 e. The fourth-order valence-electron chi connectivity index (χ4n) is 3.21. The molecule has 0 saturated carbocycles. The Morgan fingerprint density at radius 3 is 2.48 bits per heavy atom. The lowest BCUT2D eigenvalue weighted by Crippen LogP contribution is -2.48. The molecule has 2 aromatic heterocycles. The highest BCUT2D eigenvalue weighted by atomic mass is 32.1. The molecule has 0 spiro atoms. The topological polar surface area (TPSA) is 75.3 Å². The molecule has 1 amide bonds. The summed E-state index contributed by atoms with van der Waals surface area (Å²) < 4.78 is 4.37. The SMILES string of the molecule is Cc1ccc(N2CCN(C(=O)c3snc(-c4ccccn4)c3N)CC2)cc1. The highest BCUT2D eigenvalue weighted by Crippen LogP contribution is 2.30. The van der Waals surface area contributed by atoms with Crippen molar-refractivity contribution in [2.45, 2.75) is 6.92 Å². The summed E-state index contributed by atoms with van der Waals surface area (Å²) in [5, 5.41) is 0. The lowest BCUT2D eigenvalue weighted by atomic mass is 10.2. The number of hydrogen-bond acceptors (Lipinski definition) is 6. The number of pyridine rings is 1. The van der Waals surface area contributed by atoms with Gasteiger partial charge >= 0.3 is 0 Å². The molecule has 7 heteroatoms. The van der Waals surface area contributed by atoms with Crippen LogP contribution in [0.15, 0.2) is 48.7 Å². The molecule has 138 valence electrons. The first-order chi connectivity index (χ1) is 13.1. The number of piperazine rings is 1. The maximum atomic E-state index is 12.9. The van der Waals surface area contributed by atoms with E-state index < -0.39 is 0 Å². The van der Waals surface area contributed by atoms with E-state index in [1.165, 1.54) is 11.3 Å². The van der Waals surface area contributed by atoms with Gasteiger partial charge in [-0.1, -0.05) is 23.8 Å². The Balaban J connectivity index is 1.45. The van der Waals surface area contributed by atoms with Crippen molar-refractivity contribution >= 4 is 28.8 Å². The summed E-state index contributed by atoms with van der Waals surface area (Å²) in [6.07, 6.45) is 1.69. The van der Waals surface area contributed by atoms with Crippen LogP contribution >= 0.6 is 11.5 Å². The van der Waals surface area contributed by atoms with E-state index in [1.807, 2.05) is 23.1 Å². The molecule has 0 aliphatic carbocycles. The number of carbonyl (C=O) groups excluding carboxylic acids is 1. The Kier molecular flexibility index (Phi) is 4.77. The number of carbonyl (C=O) groups is 1. The maximum absolute atomic E-state index is 12.9. The van der Waals surface area contributed by atoms with Crippen molar-refractivity contribution in [3.63, 3.8) is 0 Å². The molecule has 27 heavy (non-hydrogen) atoms. The molecule has 1 saturated heterocycles. The Hall–Kier alpha value is -2.93. The highest BCUT2D eigenvalue weighted by molar-refractivity contribution is 7.09. The normalized spacial score (nSPS) is 14.4. The van der Waals surface area contributed by atoms with Gasteiger partial charge in [0.05, 0.1) is 11.4 Å². The van der Waals surface area contributed by atoms with Gasteiger partial charge in [0.2, 0.25) is 0 Å². The van der Waals surface area contributed by atoms with Gasteiger partial charge < -0.3 is 15.5 Å². The number of hydrogen-bond donors (Lipinski definition) is 1. The van der Waals surface area contributed by atoms with Crippen molar-refractivity contribution in [1.82, 2.24) is 14.3 Å². The predicted molar refractivity (Wildman–Crippen MR) is 109 cm³/mol. The van der Waals surface area contributed by atoms with Crippen molar-refractivity contribution in [3.05, 3.63) is 59.1 Å². The fourth-order valence-corrected chi connectivity index (χ4v) is 3.98. The zero-order valence-electron chi connectivity index (χ0n) is 15.1. The number of nitrogen functional groups attached to an aromatic ring is 1. The smallest absolute Gasteiger partial charge is 0.267 e. The van der Waals surface area contributed by atoms with Gasteiger partial charge in [-0.05, 0) is 42.7 Å². The first kappa shape index (κ1) is 17.5. The summed E-state index contributed by atoms with van der Waals surface area (Å²) in [6, 6.07) is 14.1. The predicted octanol–water partition coefficient (Wildman–Crippen LogP) is 3.06. The lowest BCUT2D eigenvalue weighted by molar-refractivity contribution is 0.0752. The van der Waals surface area contributed by atoms with E-state index in [4.69, 9.17) is 5.73 Å². The van der Waals surface area contributed by atoms with Crippen LogP contribution in [0.1, 0.15) is 15.2 Å². The van der Waals surface area contributed by atoms with Gasteiger partial charge in [-0.15, -0.1) is 0 Å². The van der Waals surface area contributed by atoms with Gasteiger partial charge in [-0.2, -0.15) is 4.37 Å². The number of anilines is 2. The first-order valence-electron chi connectivity index (χ1n) is 8.91. The van der Waals surface area contributed by atoms with Crippen LogP contribution in [-0.2, 0) is 0 Å². The summed E-state index contributed by atoms with van der Waals surface area (Å²) >= 11 is 1.15. The molecule has 4 rings (SSSR count). The van der Waals surface area contributed by atoms with Gasteiger partial charge in [0, 0.05) is 38.1 Å². The van der Waals surface area contributed by atoms with E-state index in [-0.39, 0.29) is 5.91 Å². The summed E-state index contributed by atoms with van der Waals surface area (Å²) in [6.45, 7) is 5.03. The number of aryl methyl sites for hydroxylation is 1. The summed E-state index contributed by atoms with van der Waals surface area (Å²) in [7, 11) is 0. The van der Waals surface area contributed by atoms with Crippen LogP contribution in [0.4, 0.5) is 11.4 Å². The molecule has 0 atom stereocenters. The van der Waals surface area contributed by atoms with Crippen LogP contribution < -0.4 is 10.6 Å². The van der Waals surface area contributed by atoms with Crippen LogP contribution in [0.2, 0.25) is 0 Å². The molecule has 3 heterocycles. The Morgan fingerprint density at radius 1 is 1.07 bits per heavy atom. The molecule has 1 fully saturated rings. The number of rotatable bonds is 3. The van der Waals surface area contributed by atoms with Crippen molar-refractivity contribution in [2.24, 2.45) is 0 Å². The molecule has 1 aromatic carbocycles. The molecular formula is C20H21N5OS. The van der Waals surface area contributed by atoms with Gasteiger partial charge in [-0.25, -0.2) is 0 Å². The fraction of sp³-hybridized carbons (Fsp3) is 0.250. The third-order valence-corrected chi connectivity index (χ3v) is 5.65. The lowest BCUT2D eigenvalue weighted by Gasteiger charge is -2.36. The van der Waals surface area contributed by atoms with Crippen LogP contribution in [0.3, 0.4) is 0 Å². The molecule has 0 bridgehead atoms. The van der Waals surface area contributed by atoms with Gasteiger partial charge in [0.1, 0.15) is 10.6 Å². The molecule has 2 N–H and O–H groups in total. The zero-order chi connectivity index (χ0) is 18.8. The molecule has 1 aliphatic rings. The molecule has 6 nitrogen and oxygen atoms in total. The van der Waals surface area contributed by atoms with E-state index in [0.29, 0.717) is 35.0 Å². The second-order valence-corrected chi connectivity index (χ2v) is 7.38. The van der Waals surface area contributed by atoms with Crippen molar-refractivity contribution < 1.29 is 4.79 Å². The molecule has 0 unspecified atom stereocenters. The van der Waals surface area contributed by atoms with E-state index in [0.717, 1.165) is 24.6 Å². The summed E-state index contributed by atoms with van der Waals surface area (Å²) in [5.74, 6) is -0.0456. The Bertz CT molecular complexity index is 931.